The molecular weight excluding hydrogens is 278 g/mol. The van der Waals surface area contributed by atoms with Crippen molar-refractivity contribution >= 4 is 5.91 Å². The number of nitrogens with zero attached hydrogens (tertiary/aromatic N) is 3. The number of aliphatic hydroxyl groups is 1. The fourth-order valence-electron chi connectivity index (χ4n) is 3.05. The van der Waals surface area contributed by atoms with E-state index in [1.54, 1.807) is 4.68 Å². The predicted molar refractivity (Wildman–Crippen MR) is 83.2 cm³/mol. The summed E-state index contributed by atoms with van der Waals surface area (Å²) >= 11 is 0. The first-order chi connectivity index (χ1) is 10.6. The molecule has 1 aliphatic heterocycles. The van der Waals surface area contributed by atoms with Crippen LogP contribution in [0.3, 0.4) is 0 Å². The molecule has 1 aliphatic rings. The Morgan fingerprint density at radius 3 is 2.77 bits per heavy atom. The Morgan fingerprint density at radius 1 is 1.32 bits per heavy atom. The van der Waals surface area contributed by atoms with Gasteiger partial charge in [-0.25, -0.2) is 0 Å². The fraction of sp³-hybridized carbons (Fsp3) is 0.412. The Bertz CT molecular complexity index is 638. The van der Waals surface area contributed by atoms with Crippen LogP contribution in [0.5, 0.6) is 0 Å². The smallest absolute Gasteiger partial charge is 0.253 e. The Kier molecular flexibility index (Phi) is 4.24. The van der Waals surface area contributed by atoms with Gasteiger partial charge in [-0.05, 0) is 31.0 Å². The number of benzene rings is 1. The molecular formula is C17H21N3O2. The van der Waals surface area contributed by atoms with E-state index >= 15 is 0 Å². The maximum Gasteiger partial charge on any atom is 0.253 e. The van der Waals surface area contributed by atoms with Crippen LogP contribution in [-0.2, 0) is 7.05 Å². The number of piperidine rings is 1. The van der Waals surface area contributed by atoms with Gasteiger partial charge >= 0.3 is 0 Å². The van der Waals surface area contributed by atoms with Gasteiger partial charge in [-0.2, -0.15) is 5.10 Å². The maximum atomic E-state index is 12.5. The molecule has 2 aromatic rings. The van der Waals surface area contributed by atoms with Crippen LogP contribution in [0, 0.1) is 5.92 Å². The lowest BCUT2D eigenvalue weighted by molar-refractivity contribution is 0.0384. The number of carbonyl (C=O) groups excluding carboxylic acids is 1. The van der Waals surface area contributed by atoms with Crippen molar-refractivity contribution in [3.05, 3.63) is 53.9 Å². The van der Waals surface area contributed by atoms with E-state index in [4.69, 9.17) is 0 Å². The van der Waals surface area contributed by atoms with Crippen molar-refractivity contribution in [1.29, 1.82) is 0 Å². The number of amides is 1. The lowest BCUT2D eigenvalue weighted by Crippen LogP contribution is -2.41. The SMILES string of the molecule is Cn1ccc([C@@H](O)C2CCCN(C(=O)c3ccccc3)C2)n1. The first kappa shape index (κ1) is 14.8. The van der Waals surface area contributed by atoms with Gasteiger partial charge < -0.3 is 10.0 Å². The van der Waals surface area contributed by atoms with Gasteiger partial charge in [0.2, 0.25) is 0 Å². The highest BCUT2D eigenvalue weighted by atomic mass is 16.3. The highest BCUT2D eigenvalue weighted by Gasteiger charge is 2.30. The summed E-state index contributed by atoms with van der Waals surface area (Å²) < 4.78 is 1.69. The van der Waals surface area contributed by atoms with Crippen molar-refractivity contribution in [3.63, 3.8) is 0 Å². The first-order valence-electron chi connectivity index (χ1n) is 7.67. The van der Waals surface area contributed by atoms with Crippen LogP contribution in [0.4, 0.5) is 0 Å². The number of aryl methyl sites for hydroxylation is 1. The summed E-state index contributed by atoms with van der Waals surface area (Å²) in [5.74, 6) is 0.0785. The third kappa shape index (κ3) is 3.04. The second-order valence-corrected chi connectivity index (χ2v) is 5.88. The van der Waals surface area contributed by atoms with Gasteiger partial charge in [-0.3, -0.25) is 9.48 Å². The molecule has 0 spiro atoms. The zero-order valence-corrected chi connectivity index (χ0v) is 12.7. The number of aliphatic hydroxyl groups excluding tert-OH is 1. The molecule has 5 nitrogen and oxygen atoms in total. The third-order valence-corrected chi connectivity index (χ3v) is 4.25. The second kappa shape index (κ2) is 6.32. The van der Waals surface area contributed by atoms with Crippen LogP contribution in [0.25, 0.3) is 0 Å². The highest BCUT2D eigenvalue weighted by Crippen LogP contribution is 2.29. The van der Waals surface area contributed by atoms with Gasteiger partial charge in [0, 0.05) is 37.8 Å². The van der Waals surface area contributed by atoms with Gasteiger partial charge in [0.1, 0.15) is 6.10 Å². The van der Waals surface area contributed by atoms with Crippen molar-refractivity contribution in [2.75, 3.05) is 13.1 Å². The summed E-state index contributed by atoms with van der Waals surface area (Å²) in [6.45, 7) is 1.32. The molecule has 0 aliphatic carbocycles. The second-order valence-electron chi connectivity index (χ2n) is 5.88. The normalized spacial score (nSPS) is 19.9. The van der Waals surface area contributed by atoms with E-state index in [0.717, 1.165) is 19.4 Å². The standard InChI is InChI=1S/C17H21N3O2/c1-19-11-9-15(18-19)16(21)14-8-5-10-20(12-14)17(22)13-6-3-2-4-7-13/h2-4,6-7,9,11,14,16,21H,5,8,10,12H2,1H3/t14?,16-/m0/s1. The van der Waals surface area contributed by atoms with E-state index in [0.29, 0.717) is 17.8 Å². The number of hydrogen-bond acceptors (Lipinski definition) is 3. The van der Waals surface area contributed by atoms with Crippen LogP contribution in [0.1, 0.15) is 35.0 Å². The third-order valence-electron chi connectivity index (χ3n) is 4.25. The molecule has 1 aromatic heterocycles. The van der Waals surface area contributed by atoms with E-state index < -0.39 is 6.10 Å². The number of hydrogen-bond donors (Lipinski definition) is 1. The van der Waals surface area contributed by atoms with Gasteiger partial charge in [0.25, 0.3) is 5.91 Å². The van der Waals surface area contributed by atoms with E-state index in [1.807, 2.05) is 54.5 Å². The van der Waals surface area contributed by atoms with Gasteiger partial charge in [0.15, 0.2) is 0 Å². The predicted octanol–water partition coefficient (Wildman–Crippen LogP) is 2.01. The summed E-state index contributed by atoms with van der Waals surface area (Å²) in [5, 5.41) is 14.8. The zero-order chi connectivity index (χ0) is 15.5. The summed E-state index contributed by atoms with van der Waals surface area (Å²) in [6, 6.07) is 11.2. The number of rotatable bonds is 3. The molecule has 1 N–H and O–H groups in total. The minimum atomic E-state index is -0.618. The van der Waals surface area contributed by atoms with E-state index in [9.17, 15) is 9.90 Å². The first-order valence-corrected chi connectivity index (χ1v) is 7.67. The molecule has 22 heavy (non-hydrogen) atoms. The van der Waals surface area contributed by atoms with Gasteiger partial charge in [-0.1, -0.05) is 18.2 Å². The molecule has 1 unspecified atom stereocenters. The van der Waals surface area contributed by atoms with E-state index in [-0.39, 0.29) is 11.8 Å². The van der Waals surface area contributed by atoms with Crippen LogP contribution in [0.15, 0.2) is 42.6 Å². The van der Waals surface area contributed by atoms with Crippen LogP contribution >= 0.6 is 0 Å². The van der Waals surface area contributed by atoms with Gasteiger partial charge in [0.05, 0.1) is 5.69 Å². The molecule has 2 atom stereocenters. The maximum absolute atomic E-state index is 12.5. The molecule has 5 heteroatoms. The summed E-state index contributed by atoms with van der Waals surface area (Å²) in [5.41, 5.74) is 1.39. The average molecular weight is 299 g/mol. The van der Waals surface area contributed by atoms with Crippen LogP contribution < -0.4 is 0 Å². The lowest BCUT2D eigenvalue weighted by Gasteiger charge is -2.34. The monoisotopic (exact) mass is 299 g/mol. The topological polar surface area (TPSA) is 58.4 Å². The zero-order valence-electron chi connectivity index (χ0n) is 12.7. The molecule has 1 aromatic carbocycles. The fourth-order valence-corrected chi connectivity index (χ4v) is 3.05. The Labute approximate surface area is 130 Å². The summed E-state index contributed by atoms with van der Waals surface area (Å²) in [6.07, 6.45) is 3.03. The minimum Gasteiger partial charge on any atom is -0.386 e. The molecule has 0 saturated carbocycles. The molecule has 1 fully saturated rings. The van der Waals surface area contributed by atoms with Crippen molar-refractivity contribution in [1.82, 2.24) is 14.7 Å². The average Bonchev–Trinajstić information content (AvgIpc) is 3.01. The molecule has 1 amide bonds. The molecule has 1 saturated heterocycles. The largest absolute Gasteiger partial charge is 0.386 e. The van der Waals surface area contributed by atoms with Crippen molar-refractivity contribution in [2.24, 2.45) is 13.0 Å². The molecule has 2 heterocycles. The van der Waals surface area contributed by atoms with Crippen molar-refractivity contribution < 1.29 is 9.90 Å². The minimum absolute atomic E-state index is 0.0383. The van der Waals surface area contributed by atoms with Crippen molar-refractivity contribution in [2.45, 2.75) is 18.9 Å². The number of likely N-dealkylation sites (tertiary alicyclic amines) is 1. The highest BCUT2D eigenvalue weighted by molar-refractivity contribution is 5.94. The van der Waals surface area contributed by atoms with Crippen molar-refractivity contribution in [3.8, 4) is 0 Å². The Morgan fingerprint density at radius 2 is 2.09 bits per heavy atom. The molecule has 116 valence electrons. The Balaban J connectivity index is 1.70. The number of aromatic nitrogens is 2. The van der Waals surface area contributed by atoms with Crippen LogP contribution in [-0.4, -0.2) is 38.8 Å². The molecule has 3 rings (SSSR count). The lowest BCUT2D eigenvalue weighted by atomic mass is 9.90. The number of carbonyl (C=O) groups is 1. The van der Waals surface area contributed by atoms with Gasteiger partial charge in [-0.15, -0.1) is 0 Å². The summed E-state index contributed by atoms with van der Waals surface area (Å²) in [4.78, 5) is 14.4. The Hall–Kier alpha value is -2.14. The summed E-state index contributed by atoms with van der Waals surface area (Å²) in [7, 11) is 1.84. The quantitative estimate of drug-likeness (QED) is 0.943. The van der Waals surface area contributed by atoms with Crippen LogP contribution in [0.2, 0.25) is 0 Å². The molecule has 0 radical (unpaired) electrons. The molecule has 0 bridgehead atoms. The van der Waals surface area contributed by atoms with E-state index in [2.05, 4.69) is 5.10 Å². The van der Waals surface area contributed by atoms with E-state index in [1.165, 1.54) is 0 Å².